The molecule has 0 aliphatic carbocycles. The van der Waals surface area contributed by atoms with E-state index in [1.807, 2.05) is 18.2 Å². The largest absolute Gasteiger partial charge is 0.419 e. The van der Waals surface area contributed by atoms with Crippen LogP contribution in [0.1, 0.15) is 46.8 Å². The van der Waals surface area contributed by atoms with Gasteiger partial charge in [-0.25, -0.2) is 4.39 Å². The second-order valence-electron chi connectivity index (χ2n) is 7.88. The van der Waals surface area contributed by atoms with E-state index in [2.05, 4.69) is 6.92 Å². The van der Waals surface area contributed by atoms with Gasteiger partial charge in [-0.2, -0.15) is 13.2 Å². The third kappa shape index (κ3) is 3.83. The monoisotopic (exact) mass is 442 g/mol. The Labute approximate surface area is 182 Å². The van der Waals surface area contributed by atoms with E-state index < -0.39 is 23.5 Å². The molecule has 2 N–H and O–H groups in total. The predicted molar refractivity (Wildman–Crippen MR) is 117 cm³/mol. The lowest BCUT2D eigenvalue weighted by Gasteiger charge is -2.13. The van der Waals surface area contributed by atoms with Crippen LogP contribution in [0.5, 0.6) is 0 Å². The van der Waals surface area contributed by atoms with E-state index in [0.29, 0.717) is 16.5 Å². The van der Waals surface area contributed by atoms with E-state index in [4.69, 9.17) is 5.73 Å². The van der Waals surface area contributed by atoms with Gasteiger partial charge in [-0.05, 0) is 42.7 Å². The topological polar surface area (TPSA) is 48.0 Å². The van der Waals surface area contributed by atoms with E-state index in [9.17, 15) is 22.4 Å². The molecule has 0 bridgehead atoms. The van der Waals surface area contributed by atoms with E-state index in [1.165, 1.54) is 12.1 Å². The SMILES string of the molecule is CCCCc1ccc2c3c(C(N)=O)cccc3n(Cc3cccc(C(F)(F)F)c3F)c2c1. The molecule has 4 aromatic rings. The van der Waals surface area contributed by atoms with Crippen LogP contribution in [0.25, 0.3) is 21.8 Å². The van der Waals surface area contributed by atoms with Gasteiger partial charge in [0.1, 0.15) is 5.82 Å². The summed E-state index contributed by atoms with van der Waals surface area (Å²) >= 11 is 0. The number of nitrogens with zero attached hydrogens (tertiary/aromatic N) is 1. The molecule has 0 aliphatic rings. The molecule has 0 fully saturated rings. The Morgan fingerprint density at radius 2 is 1.78 bits per heavy atom. The van der Waals surface area contributed by atoms with Crippen molar-refractivity contribution < 1.29 is 22.4 Å². The molecule has 0 saturated heterocycles. The number of aromatic nitrogens is 1. The first kappa shape index (κ1) is 21.9. The molecule has 0 radical (unpaired) electrons. The molecule has 1 aromatic heterocycles. The highest BCUT2D eigenvalue weighted by Crippen LogP contribution is 2.36. The third-order valence-electron chi connectivity index (χ3n) is 5.75. The number of carbonyl (C=O) groups excluding carboxylic acids is 1. The lowest BCUT2D eigenvalue weighted by Crippen LogP contribution is -2.12. The Morgan fingerprint density at radius 1 is 1.03 bits per heavy atom. The molecule has 7 heteroatoms. The molecule has 32 heavy (non-hydrogen) atoms. The molecule has 0 aliphatic heterocycles. The summed E-state index contributed by atoms with van der Waals surface area (Å²) in [7, 11) is 0. The fraction of sp³-hybridized carbons (Fsp3) is 0.240. The minimum atomic E-state index is -4.78. The maximum Gasteiger partial charge on any atom is 0.419 e. The number of primary amides is 1. The van der Waals surface area contributed by atoms with Crippen LogP contribution in [0.2, 0.25) is 0 Å². The summed E-state index contributed by atoms with van der Waals surface area (Å²) in [5.74, 6) is -1.89. The maximum absolute atomic E-state index is 14.8. The van der Waals surface area contributed by atoms with E-state index >= 15 is 0 Å². The molecule has 0 saturated carbocycles. The number of unbranched alkanes of at least 4 members (excludes halogenated alkanes) is 1. The molecule has 0 atom stereocenters. The van der Waals surface area contributed by atoms with Gasteiger partial charge in [0.2, 0.25) is 5.91 Å². The van der Waals surface area contributed by atoms with Gasteiger partial charge in [0, 0.05) is 27.4 Å². The summed E-state index contributed by atoms with van der Waals surface area (Å²) < 4.78 is 56.2. The maximum atomic E-state index is 14.8. The van der Waals surface area contributed by atoms with Gasteiger partial charge in [-0.15, -0.1) is 0 Å². The minimum absolute atomic E-state index is 0.0814. The molecule has 3 aromatic carbocycles. The van der Waals surface area contributed by atoms with Crippen LogP contribution in [0.4, 0.5) is 17.6 Å². The molecule has 3 nitrogen and oxygen atoms in total. The van der Waals surface area contributed by atoms with Crippen molar-refractivity contribution in [1.82, 2.24) is 4.57 Å². The highest BCUT2D eigenvalue weighted by Gasteiger charge is 2.34. The Hall–Kier alpha value is -3.35. The zero-order valence-corrected chi connectivity index (χ0v) is 17.5. The average molecular weight is 442 g/mol. The van der Waals surface area contributed by atoms with Crippen molar-refractivity contribution in [3.63, 3.8) is 0 Å². The van der Waals surface area contributed by atoms with Crippen LogP contribution in [0.15, 0.2) is 54.6 Å². The van der Waals surface area contributed by atoms with Crippen LogP contribution in [-0.2, 0) is 19.1 Å². The molecular formula is C25H22F4N2O. The second kappa shape index (κ2) is 8.30. The number of nitrogens with two attached hydrogens (primary N) is 1. The summed E-state index contributed by atoms with van der Waals surface area (Å²) in [6.07, 6.45) is -1.94. The van der Waals surface area contributed by atoms with Crippen molar-refractivity contribution >= 4 is 27.7 Å². The van der Waals surface area contributed by atoms with Gasteiger partial charge in [0.05, 0.1) is 17.6 Å². The number of aryl methyl sites for hydroxylation is 1. The number of hydrogen-bond donors (Lipinski definition) is 1. The number of carbonyl (C=O) groups is 1. The number of amides is 1. The fourth-order valence-corrected chi connectivity index (χ4v) is 4.19. The van der Waals surface area contributed by atoms with E-state index in [-0.39, 0.29) is 12.1 Å². The molecule has 1 amide bonds. The minimum Gasteiger partial charge on any atom is -0.366 e. The predicted octanol–water partition coefficient (Wildman–Crippen LogP) is 6.44. The summed E-state index contributed by atoms with van der Waals surface area (Å²) in [4.78, 5) is 12.1. The van der Waals surface area contributed by atoms with Crippen molar-refractivity contribution in [3.05, 3.63) is 82.7 Å². The molecule has 1 heterocycles. The van der Waals surface area contributed by atoms with Crippen LogP contribution in [-0.4, -0.2) is 10.5 Å². The van der Waals surface area contributed by atoms with Gasteiger partial charge in [0.25, 0.3) is 0 Å². The molecule has 0 unspecified atom stereocenters. The van der Waals surface area contributed by atoms with Crippen LogP contribution < -0.4 is 5.73 Å². The van der Waals surface area contributed by atoms with Crippen molar-refractivity contribution in [3.8, 4) is 0 Å². The number of rotatable bonds is 6. The summed E-state index contributed by atoms with van der Waals surface area (Å²) in [6.45, 7) is 1.97. The first-order chi connectivity index (χ1) is 15.2. The van der Waals surface area contributed by atoms with Crippen LogP contribution in [0, 0.1) is 5.82 Å². The Bertz CT molecular complexity index is 1320. The van der Waals surface area contributed by atoms with Crippen molar-refractivity contribution in [1.29, 1.82) is 0 Å². The Balaban J connectivity index is 1.97. The standard InChI is InChI=1S/C25H22F4N2O/c1-2-3-6-15-11-12-17-21(13-15)31(20-10-5-8-18(22(17)20)24(30)32)14-16-7-4-9-19(23(16)26)25(27,28)29/h4-5,7-13H,2-3,6,14H2,1H3,(H2,30,32). The highest BCUT2D eigenvalue weighted by molar-refractivity contribution is 6.18. The number of hydrogen-bond acceptors (Lipinski definition) is 1. The number of alkyl halides is 3. The Kier molecular flexibility index (Phi) is 5.67. The molecule has 4 rings (SSSR count). The van der Waals surface area contributed by atoms with Crippen LogP contribution >= 0.6 is 0 Å². The van der Waals surface area contributed by atoms with Gasteiger partial charge >= 0.3 is 6.18 Å². The fourth-order valence-electron chi connectivity index (χ4n) is 4.19. The highest BCUT2D eigenvalue weighted by atomic mass is 19.4. The molecular weight excluding hydrogens is 420 g/mol. The van der Waals surface area contributed by atoms with E-state index in [0.717, 1.165) is 41.8 Å². The van der Waals surface area contributed by atoms with Crippen molar-refractivity contribution in [2.24, 2.45) is 5.73 Å². The summed E-state index contributed by atoms with van der Waals surface area (Å²) in [5, 5.41) is 1.37. The number of benzene rings is 3. The lowest BCUT2D eigenvalue weighted by atomic mass is 10.0. The van der Waals surface area contributed by atoms with Crippen LogP contribution in [0.3, 0.4) is 0 Å². The van der Waals surface area contributed by atoms with Gasteiger partial charge in [-0.3, -0.25) is 4.79 Å². The molecule has 0 spiro atoms. The Morgan fingerprint density at radius 3 is 2.47 bits per heavy atom. The second-order valence-corrected chi connectivity index (χ2v) is 7.88. The van der Waals surface area contributed by atoms with E-state index in [1.54, 1.807) is 22.8 Å². The number of halogens is 4. The zero-order valence-electron chi connectivity index (χ0n) is 17.5. The summed E-state index contributed by atoms with van der Waals surface area (Å²) in [5.41, 5.74) is 6.92. The molecule has 166 valence electrons. The average Bonchev–Trinajstić information content (AvgIpc) is 3.05. The first-order valence-corrected chi connectivity index (χ1v) is 10.4. The van der Waals surface area contributed by atoms with Crippen molar-refractivity contribution in [2.75, 3.05) is 0 Å². The zero-order chi connectivity index (χ0) is 23.0. The number of fused-ring (bicyclic) bond motifs is 3. The summed E-state index contributed by atoms with van der Waals surface area (Å²) in [6, 6.07) is 14.2. The third-order valence-corrected chi connectivity index (χ3v) is 5.75. The quantitative estimate of drug-likeness (QED) is 0.343. The normalized spacial score (nSPS) is 12.0. The van der Waals surface area contributed by atoms with Gasteiger partial charge in [0.15, 0.2) is 0 Å². The van der Waals surface area contributed by atoms with Gasteiger partial charge < -0.3 is 10.3 Å². The smallest absolute Gasteiger partial charge is 0.366 e. The lowest BCUT2D eigenvalue weighted by molar-refractivity contribution is -0.140. The van der Waals surface area contributed by atoms with Crippen molar-refractivity contribution in [2.45, 2.75) is 38.9 Å². The van der Waals surface area contributed by atoms with Gasteiger partial charge in [-0.1, -0.05) is 43.7 Å². The first-order valence-electron chi connectivity index (χ1n) is 10.4.